The van der Waals surface area contributed by atoms with E-state index in [2.05, 4.69) is 24.1 Å². The topological polar surface area (TPSA) is 71.5 Å². The molecule has 0 aromatic carbocycles. The number of carbonyl (C=O) groups is 1. The smallest absolute Gasteiger partial charge is 0.332 e. The van der Waals surface area contributed by atoms with Crippen molar-refractivity contribution in [2.24, 2.45) is 0 Å². The Labute approximate surface area is 117 Å². The molecule has 0 aliphatic carbocycles. The van der Waals surface area contributed by atoms with Crippen LogP contribution >= 0.6 is 11.3 Å². The summed E-state index contributed by atoms with van der Waals surface area (Å²) in [7, 11) is 0. The molecule has 3 atom stereocenters. The fraction of sp³-hybridized carbons (Fsp3) is 0.692. The predicted molar refractivity (Wildman–Crippen MR) is 73.4 cm³/mol. The number of aromatic nitrogens is 1. The Balaban J connectivity index is 1.78. The van der Waals surface area contributed by atoms with E-state index in [1.807, 2.05) is 6.20 Å². The lowest BCUT2D eigenvalue weighted by Crippen LogP contribution is -2.30. The average molecular weight is 284 g/mol. The van der Waals surface area contributed by atoms with Crippen LogP contribution < -0.4 is 5.32 Å². The highest BCUT2D eigenvalue weighted by atomic mass is 32.1. The van der Waals surface area contributed by atoms with Crippen LogP contribution in [0.5, 0.6) is 0 Å². The third-order valence-corrected chi connectivity index (χ3v) is 4.65. The van der Waals surface area contributed by atoms with E-state index in [0.717, 1.165) is 17.8 Å². The Bertz CT molecular complexity index is 435. The first kappa shape index (κ1) is 14.4. The molecule has 0 spiro atoms. The maximum absolute atomic E-state index is 10.8. The molecule has 5 nitrogen and oxygen atoms in total. The summed E-state index contributed by atoms with van der Waals surface area (Å²) in [5.41, 5.74) is 0. The lowest BCUT2D eigenvalue weighted by Gasteiger charge is -2.15. The van der Waals surface area contributed by atoms with Gasteiger partial charge in [-0.05, 0) is 26.2 Å². The number of nitrogens with one attached hydrogen (secondary N) is 1. The van der Waals surface area contributed by atoms with Gasteiger partial charge in [0.1, 0.15) is 5.01 Å². The van der Waals surface area contributed by atoms with Crippen LogP contribution in [-0.4, -0.2) is 34.8 Å². The lowest BCUT2D eigenvalue weighted by molar-refractivity contribution is -0.149. The average Bonchev–Trinajstić information content (AvgIpc) is 3.04. The quantitative estimate of drug-likeness (QED) is 0.836. The van der Waals surface area contributed by atoms with E-state index in [1.165, 1.54) is 4.88 Å². The van der Waals surface area contributed by atoms with Crippen LogP contribution in [-0.2, 0) is 16.0 Å². The van der Waals surface area contributed by atoms with E-state index < -0.39 is 12.1 Å². The summed E-state index contributed by atoms with van der Waals surface area (Å²) >= 11 is 1.72. The Hall–Kier alpha value is -0.980. The zero-order valence-electron chi connectivity index (χ0n) is 11.3. The lowest BCUT2D eigenvalue weighted by atomic mass is 10.2. The number of carboxylic acid groups (broad SMARTS) is 1. The zero-order chi connectivity index (χ0) is 13.8. The second-order valence-corrected chi connectivity index (χ2v) is 5.96. The zero-order valence-corrected chi connectivity index (χ0v) is 12.1. The molecule has 0 bridgehead atoms. The molecule has 2 heterocycles. The Kier molecular flexibility index (Phi) is 4.90. The van der Waals surface area contributed by atoms with Gasteiger partial charge in [0.05, 0.1) is 12.1 Å². The van der Waals surface area contributed by atoms with Gasteiger partial charge in [-0.2, -0.15) is 0 Å². The van der Waals surface area contributed by atoms with Crippen LogP contribution in [0.4, 0.5) is 0 Å². The van der Waals surface area contributed by atoms with Crippen molar-refractivity contribution in [1.29, 1.82) is 0 Å². The molecule has 2 rings (SSSR count). The van der Waals surface area contributed by atoms with Gasteiger partial charge in [-0.25, -0.2) is 9.78 Å². The highest BCUT2D eigenvalue weighted by Gasteiger charge is 2.30. The van der Waals surface area contributed by atoms with Gasteiger partial charge in [-0.15, -0.1) is 11.3 Å². The number of aliphatic carboxylic acids is 1. The molecule has 1 aliphatic heterocycles. The van der Waals surface area contributed by atoms with Crippen molar-refractivity contribution in [3.05, 3.63) is 16.1 Å². The minimum absolute atomic E-state index is 0.00541. The standard InChI is InChI=1S/C13H20N2O3S/c1-3-10-7-15-12(19-10)8(2)14-6-9-4-5-11(18-9)13(16)17/h7-9,11,14H,3-6H2,1-2H3,(H,16,17). The van der Waals surface area contributed by atoms with Crippen LogP contribution in [0, 0.1) is 0 Å². The molecule has 1 saturated heterocycles. The number of nitrogens with zero attached hydrogens (tertiary/aromatic N) is 1. The number of carboxylic acids is 1. The van der Waals surface area contributed by atoms with Crippen molar-refractivity contribution in [2.75, 3.05) is 6.54 Å². The third kappa shape index (κ3) is 3.75. The van der Waals surface area contributed by atoms with Gasteiger partial charge in [0.15, 0.2) is 6.10 Å². The van der Waals surface area contributed by atoms with Crippen LogP contribution in [0.25, 0.3) is 0 Å². The first-order chi connectivity index (χ1) is 9.10. The number of rotatable bonds is 6. The molecule has 0 radical (unpaired) electrons. The van der Waals surface area contributed by atoms with Gasteiger partial charge >= 0.3 is 5.97 Å². The van der Waals surface area contributed by atoms with E-state index >= 15 is 0 Å². The Morgan fingerprint density at radius 1 is 1.68 bits per heavy atom. The summed E-state index contributed by atoms with van der Waals surface area (Å²) in [6, 6.07) is 0.178. The molecule has 106 valence electrons. The molecule has 19 heavy (non-hydrogen) atoms. The van der Waals surface area contributed by atoms with Gasteiger partial charge in [-0.3, -0.25) is 0 Å². The van der Waals surface area contributed by atoms with Crippen molar-refractivity contribution in [3.8, 4) is 0 Å². The molecule has 6 heteroatoms. The molecule has 1 aromatic rings. The SMILES string of the molecule is CCc1cnc(C(C)NCC2CCC(C(=O)O)O2)s1. The van der Waals surface area contributed by atoms with E-state index in [9.17, 15) is 4.79 Å². The number of hydrogen-bond acceptors (Lipinski definition) is 5. The molecule has 1 fully saturated rings. The molecule has 2 N–H and O–H groups in total. The van der Waals surface area contributed by atoms with Crippen molar-refractivity contribution in [2.45, 2.75) is 51.4 Å². The largest absolute Gasteiger partial charge is 0.479 e. The number of thiazole rings is 1. The monoisotopic (exact) mass is 284 g/mol. The summed E-state index contributed by atoms with van der Waals surface area (Å²) in [6.45, 7) is 4.86. The van der Waals surface area contributed by atoms with Crippen LogP contribution in [0.15, 0.2) is 6.20 Å². The maximum Gasteiger partial charge on any atom is 0.332 e. The van der Waals surface area contributed by atoms with Crippen LogP contribution in [0.2, 0.25) is 0 Å². The summed E-state index contributed by atoms with van der Waals surface area (Å²) in [4.78, 5) is 16.5. The van der Waals surface area contributed by atoms with Gasteiger partial charge in [0, 0.05) is 17.6 Å². The highest BCUT2D eigenvalue weighted by Crippen LogP contribution is 2.22. The highest BCUT2D eigenvalue weighted by molar-refractivity contribution is 7.11. The molecule has 3 unspecified atom stereocenters. The fourth-order valence-corrected chi connectivity index (χ4v) is 3.00. The molecular formula is C13H20N2O3S. The molecule has 0 saturated carbocycles. The predicted octanol–water partition coefficient (Wildman–Crippen LogP) is 1.99. The second-order valence-electron chi connectivity index (χ2n) is 4.81. The van der Waals surface area contributed by atoms with Gasteiger partial charge in [0.25, 0.3) is 0 Å². The molecule has 0 amide bonds. The van der Waals surface area contributed by atoms with Crippen LogP contribution in [0.3, 0.4) is 0 Å². The molecular weight excluding hydrogens is 264 g/mol. The van der Waals surface area contributed by atoms with E-state index in [-0.39, 0.29) is 12.1 Å². The summed E-state index contributed by atoms with van der Waals surface area (Å²) in [5.74, 6) is -0.858. The summed E-state index contributed by atoms with van der Waals surface area (Å²) in [6.07, 6.45) is 3.70. The van der Waals surface area contributed by atoms with Gasteiger partial charge in [-0.1, -0.05) is 6.92 Å². The van der Waals surface area contributed by atoms with Crippen molar-refractivity contribution in [1.82, 2.24) is 10.3 Å². The number of ether oxygens (including phenoxy) is 1. The number of aryl methyl sites for hydroxylation is 1. The van der Waals surface area contributed by atoms with Crippen molar-refractivity contribution < 1.29 is 14.6 Å². The van der Waals surface area contributed by atoms with Crippen molar-refractivity contribution >= 4 is 17.3 Å². The molecule has 1 aromatic heterocycles. The van der Waals surface area contributed by atoms with Gasteiger partial charge < -0.3 is 15.2 Å². The van der Waals surface area contributed by atoms with Crippen LogP contribution in [0.1, 0.15) is 42.6 Å². The first-order valence-electron chi connectivity index (χ1n) is 6.66. The van der Waals surface area contributed by atoms with E-state index in [0.29, 0.717) is 13.0 Å². The van der Waals surface area contributed by atoms with E-state index in [4.69, 9.17) is 9.84 Å². The van der Waals surface area contributed by atoms with E-state index in [1.54, 1.807) is 11.3 Å². The summed E-state index contributed by atoms with van der Waals surface area (Å²) in [5, 5.41) is 13.3. The minimum Gasteiger partial charge on any atom is -0.479 e. The summed E-state index contributed by atoms with van der Waals surface area (Å²) < 4.78 is 5.46. The Morgan fingerprint density at radius 2 is 2.47 bits per heavy atom. The Morgan fingerprint density at radius 3 is 3.05 bits per heavy atom. The maximum atomic E-state index is 10.8. The number of hydrogen-bond donors (Lipinski definition) is 2. The minimum atomic E-state index is -0.858. The second kappa shape index (κ2) is 6.45. The first-order valence-corrected chi connectivity index (χ1v) is 7.48. The van der Waals surface area contributed by atoms with Crippen molar-refractivity contribution in [3.63, 3.8) is 0 Å². The van der Waals surface area contributed by atoms with Gasteiger partial charge in [0.2, 0.25) is 0 Å². The fourth-order valence-electron chi connectivity index (χ4n) is 2.12. The molecule has 1 aliphatic rings. The normalized spacial score (nSPS) is 24.5. The third-order valence-electron chi connectivity index (χ3n) is 3.33.